The van der Waals surface area contributed by atoms with Crippen molar-refractivity contribution in [3.05, 3.63) is 35.4 Å². The summed E-state index contributed by atoms with van der Waals surface area (Å²) in [6.45, 7) is 9.34. The van der Waals surface area contributed by atoms with Gasteiger partial charge in [0.15, 0.2) is 0 Å². The van der Waals surface area contributed by atoms with Crippen molar-refractivity contribution in [2.45, 2.75) is 25.3 Å². The van der Waals surface area contributed by atoms with Crippen molar-refractivity contribution in [2.75, 3.05) is 26.2 Å². The molecule has 0 aromatic heterocycles. The highest BCUT2D eigenvalue weighted by Crippen LogP contribution is 2.39. The maximum atomic E-state index is 3.51. The Morgan fingerprint density at radius 3 is 3.00 bits per heavy atom. The number of rotatable bonds is 0. The van der Waals surface area contributed by atoms with Crippen molar-refractivity contribution in [1.29, 1.82) is 0 Å². The molecule has 86 valence electrons. The summed E-state index contributed by atoms with van der Waals surface area (Å²) in [6, 6.07) is 9.56. The maximum absolute atomic E-state index is 3.51. The van der Waals surface area contributed by atoms with E-state index < -0.39 is 0 Å². The second kappa shape index (κ2) is 3.57. The number of benzene rings is 1. The van der Waals surface area contributed by atoms with Crippen LogP contribution in [-0.2, 0) is 5.41 Å². The lowest BCUT2D eigenvalue weighted by Gasteiger charge is -2.47. The molecule has 0 saturated carbocycles. The van der Waals surface area contributed by atoms with E-state index in [1.54, 1.807) is 5.56 Å². The average molecular weight is 216 g/mol. The largest absolute Gasteiger partial charge is 0.314 e. The van der Waals surface area contributed by atoms with Crippen LogP contribution in [-0.4, -0.2) is 31.1 Å². The van der Waals surface area contributed by atoms with Crippen molar-refractivity contribution in [3.8, 4) is 0 Å². The van der Waals surface area contributed by atoms with Crippen molar-refractivity contribution in [1.82, 2.24) is 10.2 Å². The summed E-state index contributed by atoms with van der Waals surface area (Å²) in [6.07, 6.45) is 0. The minimum Gasteiger partial charge on any atom is -0.314 e. The van der Waals surface area contributed by atoms with Crippen LogP contribution in [0.2, 0.25) is 0 Å². The van der Waals surface area contributed by atoms with Gasteiger partial charge in [0.25, 0.3) is 0 Å². The summed E-state index contributed by atoms with van der Waals surface area (Å²) < 4.78 is 0. The fourth-order valence-corrected chi connectivity index (χ4v) is 3.24. The smallest absolute Gasteiger partial charge is 0.0476 e. The van der Waals surface area contributed by atoms with E-state index in [2.05, 4.69) is 48.3 Å². The molecule has 0 aliphatic carbocycles. The molecule has 1 N–H and O–H groups in total. The van der Waals surface area contributed by atoms with Crippen molar-refractivity contribution in [3.63, 3.8) is 0 Å². The van der Waals surface area contributed by atoms with Crippen molar-refractivity contribution in [2.24, 2.45) is 0 Å². The van der Waals surface area contributed by atoms with E-state index in [0.717, 1.165) is 13.1 Å². The lowest BCUT2D eigenvalue weighted by atomic mass is 9.75. The molecule has 1 aromatic rings. The minimum absolute atomic E-state index is 0.296. The second-order valence-electron chi connectivity index (χ2n) is 5.66. The molecule has 0 amide bonds. The number of piperazine rings is 1. The minimum atomic E-state index is 0.296. The molecule has 16 heavy (non-hydrogen) atoms. The molecule has 2 heterocycles. The molecular weight excluding hydrogens is 196 g/mol. The highest BCUT2D eigenvalue weighted by Gasteiger charge is 2.38. The second-order valence-corrected chi connectivity index (χ2v) is 5.66. The fraction of sp³-hybridized carbons (Fsp3) is 0.571. The van der Waals surface area contributed by atoms with Gasteiger partial charge < -0.3 is 5.32 Å². The Kier molecular flexibility index (Phi) is 2.30. The summed E-state index contributed by atoms with van der Waals surface area (Å²) in [5, 5.41) is 3.51. The van der Waals surface area contributed by atoms with Crippen LogP contribution in [0.25, 0.3) is 0 Å². The first kappa shape index (κ1) is 10.3. The Hall–Kier alpha value is -0.860. The predicted octanol–water partition coefficient (Wildman–Crippen LogP) is 1.92. The van der Waals surface area contributed by atoms with Gasteiger partial charge >= 0.3 is 0 Å². The molecule has 0 spiro atoms. The average Bonchev–Trinajstić information content (AvgIpc) is 2.29. The molecule has 0 bridgehead atoms. The van der Waals surface area contributed by atoms with Gasteiger partial charge in [-0.3, -0.25) is 4.90 Å². The maximum Gasteiger partial charge on any atom is 0.0476 e. The Labute approximate surface area is 97.6 Å². The number of nitrogens with one attached hydrogen (secondary N) is 1. The van der Waals surface area contributed by atoms with E-state index in [1.807, 2.05) is 0 Å². The first-order chi connectivity index (χ1) is 7.68. The summed E-state index contributed by atoms with van der Waals surface area (Å²) >= 11 is 0. The third kappa shape index (κ3) is 1.48. The summed E-state index contributed by atoms with van der Waals surface area (Å²) in [7, 11) is 0. The highest BCUT2D eigenvalue weighted by atomic mass is 15.2. The first-order valence-corrected chi connectivity index (χ1v) is 6.23. The van der Waals surface area contributed by atoms with E-state index in [9.17, 15) is 0 Å². The number of fused-ring (bicyclic) bond motifs is 3. The number of nitrogens with zero attached hydrogens (tertiary/aromatic N) is 1. The number of hydrogen-bond donors (Lipinski definition) is 1. The van der Waals surface area contributed by atoms with Gasteiger partial charge in [-0.15, -0.1) is 0 Å². The number of hydrogen-bond acceptors (Lipinski definition) is 2. The highest BCUT2D eigenvalue weighted by molar-refractivity contribution is 5.39. The Morgan fingerprint density at radius 1 is 1.31 bits per heavy atom. The van der Waals surface area contributed by atoms with Gasteiger partial charge in [-0.25, -0.2) is 0 Å². The van der Waals surface area contributed by atoms with Gasteiger partial charge in [-0.05, 0) is 11.1 Å². The van der Waals surface area contributed by atoms with Crippen LogP contribution in [0.1, 0.15) is 31.0 Å². The Bertz CT molecular complexity index is 397. The molecule has 3 rings (SSSR count). The van der Waals surface area contributed by atoms with E-state index in [0.29, 0.717) is 11.5 Å². The summed E-state index contributed by atoms with van der Waals surface area (Å²) in [4.78, 5) is 2.64. The van der Waals surface area contributed by atoms with Crippen LogP contribution in [0.4, 0.5) is 0 Å². The van der Waals surface area contributed by atoms with Gasteiger partial charge in [0.2, 0.25) is 0 Å². The molecule has 1 aromatic carbocycles. The molecule has 1 fully saturated rings. The molecule has 0 unspecified atom stereocenters. The lowest BCUT2D eigenvalue weighted by molar-refractivity contribution is 0.114. The zero-order valence-electron chi connectivity index (χ0n) is 10.2. The van der Waals surface area contributed by atoms with Crippen LogP contribution in [0, 0.1) is 0 Å². The van der Waals surface area contributed by atoms with Gasteiger partial charge in [-0.2, -0.15) is 0 Å². The molecule has 2 aliphatic heterocycles. The van der Waals surface area contributed by atoms with Gasteiger partial charge in [0.05, 0.1) is 0 Å². The Morgan fingerprint density at radius 2 is 2.12 bits per heavy atom. The van der Waals surface area contributed by atoms with Crippen molar-refractivity contribution >= 4 is 0 Å². The molecule has 2 aliphatic rings. The van der Waals surface area contributed by atoms with Crippen LogP contribution in [0.5, 0.6) is 0 Å². The van der Waals surface area contributed by atoms with Crippen LogP contribution < -0.4 is 5.32 Å². The lowest BCUT2D eigenvalue weighted by Crippen LogP contribution is -2.53. The van der Waals surface area contributed by atoms with E-state index >= 15 is 0 Å². The standard InChI is InChI=1S/C14H20N2/c1-14(2)10-16-8-7-15-9-13(16)11-5-3-4-6-12(11)14/h3-6,13,15H,7-10H2,1-2H3/t13-/m0/s1. The van der Waals surface area contributed by atoms with Crippen LogP contribution in [0.15, 0.2) is 24.3 Å². The van der Waals surface area contributed by atoms with E-state index in [1.165, 1.54) is 18.7 Å². The van der Waals surface area contributed by atoms with Gasteiger partial charge in [-0.1, -0.05) is 38.1 Å². The third-order valence-corrected chi connectivity index (χ3v) is 4.00. The third-order valence-electron chi connectivity index (χ3n) is 4.00. The van der Waals surface area contributed by atoms with Gasteiger partial charge in [0, 0.05) is 37.6 Å². The predicted molar refractivity (Wildman–Crippen MR) is 66.7 cm³/mol. The molecule has 2 nitrogen and oxygen atoms in total. The molecule has 1 saturated heterocycles. The summed E-state index contributed by atoms with van der Waals surface area (Å²) in [5.41, 5.74) is 3.37. The normalized spacial score (nSPS) is 28.2. The van der Waals surface area contributed by atoms with Gasteiger partial charge in [0.1, 0.15) is 0 Å². The van der Waals surface area contributed by atoms with E-state index in [-0.39, 0.29) is 0 Å². The molecule has 0 radical (unpaired) electrons. The van der Waals surface area contributed by atoms with E-state index in [4.69, 9.17) is 0 Å². The SMILES string of the molecule is CC1(C)CN2CCNC[C@H]2c2ccccc21. The fourth-order valence-electron chi connectivity index (χ4n) is 3.24. The van der Waals surface area contributed by atoms with Crippen molar-refractivity contribution < 1.29 is 0 Å². The first-order valence-electron chi connectivity index (χ1n) is 6.23. The molecule has 2 heteroatoms. The van der Waals surface area contributed by atoms with Crippen LogP contribution >= 0.6 is 0 Å². The monoisotopic (exact) mass is 216 g/mol. The summed E-state index contributed by atoms with van der Waals surface area (Å²) in [5.74, 6) is 0. The Balaban J connectivity index is 2.09. The molecular formula is C14H20N2. The molecule has 1 atom stereocenters. The quantitative estimate of drug-likeness (QED) is 0.713. The van der Waals surface area contributed by atoms with Crippen LogP contribution in [0.3, 0.4) is 0 Å². The topological polar surface area (TPSA) is 15.3 Å². The zero-order chi connectivity index (χ0) is 11.2. The zero-order valence-corrected chi connectivity index (χ0v) is 10.2.